The highest BCUT2D eigenvalue weighted by Crippen LogP contribution is 2.49. The van der Waals surface area contributed by atoms with Crippen molar-refractivity contribution in [2.45, 2.75) is 63.9 Å². The van der Waals surface area contributed by atoms with E-state index in [9.17, 15) is 19.2 Å². The van der Waals surface area contributed by atoms with Gasteiger partial charge in [0.2, 0.25) is 0 Å². The van der Waals surface area contributed by atoms with E-state index in [1.165, 1.54) is 13.8 Å². The lowest BCUT2D eigenvalue weighted by molar-refractivity contribution is -0.143. The van der Waals surface area contributed by atoms with Gasteiger partial charge >= 0.3 is 17.9 Å². The first-order valence-corrected chi connectivity index (χ1v) is 9.36. The summed E-state index contributed by atoms with van der Waals surface area (Å²) in [4.78, 5) is 48.5. The molecule has 0 radical (unpaired) electrons. The van der Waals surface area contributed by atoms with E-state index in [4.69, 9.17) is 18.9 Å². The maximum atomic E-state index is 12.6. The first kappa shape index (κ1) is 21.0. The van der Waals surface area contributed by atoms with Crippen molar-refractivity contribution in [3.63, 3.8) is 0 Å². The summed E-state index contributed by atoms with van der Waals surface area (Å²) in [6, 6.07) is 0. The van der Waals surface area contributed by atoms with Gasteiger partial charge < -0.3 is 18.9 Å². The summed E-state index contributed by atoms with van der Waals surface area (Å²) in [5.74, 6) is -2.08. The van der Waals surface area contributed by atoms with Gasteiger partial charge in [0.25, 0.3) is 0 Å². The molecule has 2 heterocycles. The summed E-state index contributed by atoms with van der Waals surface area (Å²) in [7, 11) is 0. The van der Waals surface area contributed by atoms with Crippen LogP contribution in [0.1, 0.15) is 40.0 Å². The number of hydrogen-bond donors (Lipinski definition) is 0. The summed E-state index contributed by atoms with van der Waals surface area (Å²) >= 11 is 0. The second kappa shape index (κ2) is 7.59. The lowest BCUT2D eigenvalue weighted by Gasteiger charge is -2.25. The van der Waals surface area contributed by atoms with Crippen LogP contribution >= 0.6 is 0 Å². The van der Waals surface area contributed by atoms with Crippen molar-refractivity contribution in [2.75, 3.05) is 6.61 Å². The van der Waals surface area contributed by atoms with Gasteiger partial charge in [-0.15, -0.1) is 0 Å². The Morgan fingerprint density at radius 2 is 1.97 bits per heavy atom. The third-order valence-corrected chi connectivity index (χ3v) is 5.39. The smallest absolute Gasteiger partial charge is 0.338 e. The molecular weight excluding hydrogens is 380 g/mol. The Hall–Kier alpha value is -2.74. The largest absolute Gasteiger partial charge is 0.461 e. The van der Waals surface area contributed by atoms with Crippen LogP contribution in [0.5, 0.6) is 0 Å². The molecule has 1 aliphatic carbocycles. The molecule has 2 fully saturated rings. The number of carbonyl (C=O) groups is 4. The van der Waals surface area contributed by atoms with Gasteiger partial charge in [-0.2, -0.15) is 0 Å². The zero-order chi connectivity index (χ0) is 21.5. The Balaban J connectivity index is 2.06. The molecule has 29 heavy (non-hydrogen) atoms. The van der Waals surface area contributed by atoms with Crippen molar-refractivity contribution in [3.8, 4) is 0 Å². The minimum absolute atomic E-state index is 0.00661. The molecule has 4 atom stereocenters. The highest BCUT2D eigenvalue weighted by Gasteiger charge is 2.62. The number of Topliss-reactive ketones (excluding diaryl/α,β-unsaturated/α-hetero) is 1. The molecule has 8 heteroatoms. The van der Waals surface area contributed by atoms with Crippen molar-refractivity contribution in [1.82, 2.24) is 0 Å². The van der Waals surface area contributed by atoms with Crippen LogP contribution in [0.3, 0.4) is 0 Å². The number of ketones is 1. The minimum Gasteiger partial charge on any atom is -0.461 e. The summed E-state index contributed by atoms with van der Waals surface area (Å²) in [5.41, 5.74) is 0.211. The molecule has 2 aliphatic heterocycles. The predicted octanol–water partition coefficient (Wildman–Crippen LogP) is 1.73. The predicted molar refractivity (Wildman–Crippen MR) is 99.5 cm³/mol. The third kappa shape index (κ3) is 4.17. The number of esters is 3. The van der Waals surface area contributed by atoms with Crippen molar-refractivity contribution in [3.05, 3.63) is 35.5 Å². The number of fused-ring (bicyclic) bond motifs is 3. The van der Waals surface area contributed by atoms with Gasteiger partial charge in [0.1, 0.15) is 18.8 Å². The normalized spacial score (nSPS) is 31.4. The molecule has 8 nitrogen and oxygen atoms in total. The van der Waals surface area contributed by atoms with E-state index in [0.717, 1.165) is 0 Å². The molecule has 3 rings (SSSR count). The first-order valence-electron chi connectivity index (χ1n) is 9.36. The summed E-state index contributed by atoms with van der Waals surface area (Å²) in [6.45, 7) is 11.6. The van der Waals surface area contributed by atoms with Crippen LogP contribution in [-0.4, -0.2) is 54.2 Å². The van der Waals surface area contributed by atoms with Crippen LogP contribution < -0.4 is 0 Å². The second-order valence-corrected chi connectivity index (χ2v) is 7.80. The maximum Gasteiger partial charge on any atom is 0.338 e. The van der Waals surface area contributed by atoms with Crippen LogP contribution in [-0.2, 0) is 38.1 Å². The summed E-state index contributed by atoms with van der Waals surface area (Å²) in [6.07, 6.45) is -1.61. The lowest BCUT2D eigenvalue weighted by atomic mass is 9.85. The number of rotatable bonds is 4. The Labute approximate surface area is 168 Å². The van der Waals surface area contributed by atoms with Crippen LogP contribution in [0, 0.1) is 0 Å². The van der Waals surface area contributed by atoms with Crippen molar-refractivity contribution in [2.24, 2.45) is 0 Å². The van der Waals surface area contributed by atoms with Gasteiger partial charge in [0.15, 0.2) is 11.9 Å². The molecule has 0 aromatic carbocycles. The monoisotopic (exact) mass is 404 g/mol. The van der Waals surface area contributed by atoms with Gasteiger partial charge in [0, 0.05) is 30.9 Å². The molecule has 156 valence electrons. The third-order valence-electron chi connectivity index (χ3n) is 5.39. The van der Waals surface area contributed by atoms with Gasteiger partial charge in [-0.25, -0.2) is 9.59 Å². The highest BCUT2D eigenvalue weighted by atomic mass is 16.6. The SMILES string of the molecule is C=C(C)C(=O)OC1CC(=C)C(=O)CCC2(C)OC2C2OC(=O)C(COC(C)=O)=C12. The van der Waals surface area contributed by atoms with E-state index in [0.29, 0.717) is 12.0 Å². The van der Waals surface area contributed by atoms with Crippen molar-refractivity contribution >= 4 is 23.7 Å². The number of hydrogen-bond acceptors (Lipinski definition) is 8. The van der Waals surface area contributed by atoms with Crippen LogP contribution in [0.25, 0.3) is 0 Å². The van der Waals surface area contributed by atoms with Crippen LogP contribution in [0.2, 0.25) is 0 Å². The zero-order valence-electron chi connectivity index (χ0n) is 16.7. The fraction of sp³-hybridized carbons (Fsp3) is 0.524. The van der Waals surface area contributed by atoms with E-state index in [1.54, 1.807) is 0 Å². The fourth-order valence-corrected chi connectivity index (χ4v) is 3.62. The summed E-state index contributed by atoms with van der Waals surface area (Å²) < 4.78 is 21.9. The second-order valence-electron chi connectivity index (χ2n) is 7.80. The number of epoxide rings is 1. The molecule has 0 N–H and O–H groups in total. The van der Waals surface area contributed by atoms with Gasteiger partial charge in [0.05, 0.1) is 11.2 Å². The molecule has 3 aliphatic rings. The Bertz CT molecular complexity index is 851. The van der Waals surface area contributed by atoms with Gasteiger partial charge in [-0.3, -0.25) is 9.59 Å². The van der Waals surface area contributed by atoms with E-state index in [-0.39, 0.29) is 42.0 Å². The molecule has 1 saturated heterocycles. The van der Waals surface area contributed by atoms with E-state index in [2.05, 4.69) is 13.2 Å². The Morgan fingerprint density at radius 1 is 1.28 bits per heavy atom. The van der Waals surface area contributed by atoms with Crippen molar-refractivity contribution in [1.29, 1.82) is 0 Å². The molecule has 0 spiro atoms. The molecule has 0 amide bonds. The topological polar surface area (TPSA) is 109 Å². The van der Waals surface area contributed by atoms with E-state index >= 15 is 0 Å². The van der Waals surface area contributed by atoms with Crippen LogP contribution in [0.4, 0.5) is 0 Å². The molecule has 0 aromatic rings. The Morgan fingerprint density at radius 3 is 2.59 bits per heavy atom. The quantitative estimate of drug-likeness (QED) is 0.302. The van der Waals surface area contributed by atoms with Crippen LogP contribution in [0.15, 0.2) is 35.5 Å². The molecular formula is C21H24O8. The average Bonchev–Trinajstić information content (AvgIpc) is 3.20. The standard InChI is InChI=1S/C21H24O8/c1-10(2)19(24)27-15-8-11(3)14(23)6-7-21(5)18(29-21)17-16(15)13(20(25)28-17)9-26-12(4)22/h15,17-18H,1,3,6-9H2,2,4-5H3. The minimum atomic E-state index is -0.996. The van der Waals surface area contributed by atoms with Crippen molar-refractivity contribution < 1.29 is 38.1 Å². The Kier molecular flexibility index (Phi) is 5.49. The average molecular weight is 404 g/mol. The molecule has 1 saturated carbocycles. The lowest BCUT2D eigenvalue weighted by Crippen LogP contribution is -2.34. The van der Waals surface area contributed by atoms with E-state index < -0.39 is 41.8 Å². The zero-order valence-corrected chi connectivity index (χ0v) is 16.7. The molecule has 0 aromatic heterocycles. The maximum absolute atomic E-state index is 12.6. The van der Waals surface area contributed by atoms with Gasteiger partial charge in [-0.1, -0.05) is 13.2 Å². The number of ether oxygens (including phenoxy) is 4. The number of carbonyl (C=O) groups excluding carboxylic acids is 4. The molecule has 4 unspecified atom stereocenters. The van der Waals surface area contributed by atoms with E-state index in [1.807, 2.05) is 6.92 Å². The summed E-state index contributed by atoms with van der Waals surface area (Å²) in [5, 5.41) is 0. The molecule has 0 bridgehead atoms. The van der Waals surface area contributed by atoms with Gasteiger partial charge in [-0.05, 0) is 25.8 Å². The highest BCUT2D eigenvalue weighted by molar-refractivity contribution is 5.96. The first-order chi connectivity index (χ1) is 13.5. The fourth-order valence-electron chi connectivity index (χ4n) is 3.62.